The molecule has 0 radical (unpaired) electrons. The van der Waals surface area contributed by atoms with E-state index in [1.54, 1.807) is 4.90 Å². The summed E-state index contributed by atoms with van der Waals surface area (Å²) in [6.07, 6.45) is 6.26. The number of amides is 1. The number of halogens is 2. The van der Waals surface area contributed by atoms with Crippen LogP contribution in [0.2, 0.25) is 0 Å². The number of rotatable bonds is 4. The Morgan fingerprint density at radius 2 is 1.69 bits per heavy atom. The minimum absolute atomic E-state index is 0.0610. The van der Waals surface area contributed by atoms with Crippen LogP contribution in [-0.4, -0.2) is 49.7 Å². The summed E-state index contributed by atoms with van der Waals surface area (Å²) in [4.78, 5) is 13.5. The van der Waals surface area contributed by atoms with Crippen LogP contribution in [-0.2, 0) is 14.8 Å². The monoisotopic (exact) mass is 386 g/mol. The molecule has 1 aliphatic heterocycles. The lowest BCUT2D eigenvalue weighted by atomic mass is 9.86. The standard InChI is InChI=1S/C18H24F2N2O3S/c19-15-6-7-16(20)17(13-15)26(24,25)22-10-8-21(9-11-22)18(23)12-14-4-2-1-3-5-14/h6-7,13-14H,1-5,8-12H2. The minimum Gasteiger partial charge on any atom is -0.340 e. The molecule has 0 aromatic heterocycles. The van der Waals surface area contributed by atoms with Crippen LogP contribution in [0.5, 0.6) is 0 Å². The number of carbonyl (C=O) groups excluding carboxylic acids is 1. The molecule has 26 heavy (non-hydrogen) atoms. The van der Waals surface area contributed by atoms with Crippen molar-refractivity contribution in [3.8, 4) is 0 Å². The van der Waals surface area contributed by atoms with Crippen molar-refractivity contribution in [3.05, 3.63) is 29.8 Å². The molecule has 5 nitrogen and oxygen atoms in total. The van der Waals surface area contributed by atoms with Crippen LogP contribution in [0.15, 0.2) is 23.1 Å². The zero-order valence-electron chi connectivity index (χ0n) is 14.7. The summed E-state index contributed by atoms with van der Waals surface area (Å²) in [5.74, 6) is -1.28. The maximum atomic E-state index is 13.8. The van der Waals surface area contributed by atoms with E-state index in [0.29, 0.717) is 18.4 Å². The van der Waals surface area contributed by atoms with Gasteiger partial charge in [0.05, 0.1) is 0 Å². The maximum Gasteiger partial charge on any atom is 0.246 e. The molecule has 2 aliphatic rings. The molecule has 3 rings (SSSR count). The fourth-order valence-corrected chi connectivity index (χ4v) is 5.26. The first-order valence-electron chi connectivity index (χ1n) is 9.11. The third kappa shape index (κ3) is 4.23. The Labute approximate surface area is 153 Å². The molecule has 8 heteroatoms. The number of benzene rings is 1. The summed E-state index contributed by atoms with van der Waals surface area (Å²) < 4.78 is 53.4. The summed E-state index contributed by atoms with van der Waals surface area (Å²) in [7, 11) is -4.11. The predicted octanol–water partition coefficient (Wildman–Crippen LogP) is 2.77. The van der Waals surface area contributed by atoms with Crippen LogP contribution in [0.25, 0.3) is 0 Å². The quantitative estimate of drug-likeness (QED) is 0.800. The van der Waals surface area contributed by atoms with Crippen LogP contribution in [0, 0.1) is 17.6 Å². The van der Waals surface area contributed by atoms with E-state index >= 15 is 0 Å². The predicted molar refractivity (Wildman–Crippen MR) is 92.9 cm³/mol. The molecule has 0 spiro atoms. The van der Waals surface area contributed by atoms with Crippen molar-refractivity contribution in [1.29, 1.82) is 0 Å². The Hall–Kier alpha value is -1.54. The van der Waals surface area contributed by atoms with Crippen molar-refractivity contribution < 1.29 is 22.0 Å². The summed E-state index contributed by atoms with van der Waals surface area (Å²) in [6.45, 7) is 0.743. The van der Waals surface area contributed by atoms with E-state index in [-0.39, 0.29) is 32.1 Å². The van der Waals surface area contributed by atoms with Gasteiger partial charge >= 0.3 is 0 Å². The number of hydrogen-bond donors (Lipinski definition) is 0. The molecule has 1 saturated heterocycles. The van der Waals surface area contributed by atoms with Gasteiger partial charge in [-0.1, -0.05) is 19.3 Å². The van der Waals surface area contributed by atoms with Gasteiger partial charge in [-0.15, -0.1) is 0 Å². The van der Waals surface area contributed by atoms with Crippen LogP contribution in [0.4, 0.5) is 8.78 Å². The van der Waals surface area contributed by atoms with Crippen molar-refractivity contribution in [3.63, 3.8) is 0 Å². The molecule has 1 heterocycles. The van der Waals surface area contributed by atoms with Gasteiger partial charge in [-0.25, -0.2) is 17.2 Å². The van der Waals surface area contributed by atoms with E-state index in [9.17, 15) is 22.0 Å². The van der Waals surface area contributed by atoms with Gasteiger partial charge in [-0.2, -0.15) is 4.31 Å². The van der Waals surface area contributed by atoms with Gasteiger partial charge in [0.25, 0.3) is 0 Å². The molecule has 0 atom stereocenters. The molecule has 1 aliphatic carbocycles. The van der Waals surface area contributed by atoms with Gasteiger partial charge in [-0.3, -0.25) is 4.79 Å². The first-order valence-corrected chi connectivity index (χ1v) is 10.5. The summed E-state index contributed by atoms with van der Waals surface area (Å²) in [6, 6.07) is 2.40. The highest BCUT2D eigenvalue weighted by Crippen LogP contribution is 2.27. The molecule has 1 aromatic rings. The van der Waals surface area contributed by atoms with Gasteiger partial charge in [0.2, 0.25) is 15.9 Å². The van der Waals surface area contributed by atoms with Crippen molar-refractivity contribution in [2.24, 2.45) is 5.92 Å². The highest BCUT2D eigenvalue weighted by molar-refractivity contribution is 7.89. The highest BCUT2D eigenvalue weighted by atomic mass is 32.2. The van der Waals surface area contributed by atoms with Gasteiger partial charge in [0, 0.05) is 32.6 Å². The maximum absolute atomic E-state index is 13.8. The van der Waals surface area contributed by atoms with E-state index in [4.69, 9.17) is 0 Å². The van der Waals surface area contributed by atoms with Crippen molar-refractivity contribution in [2.45, 2.75) is 43.4 Å². The normalized spacial score (nSPS) is 20.3. The van der Waals surface area contributed by atoms with E-state index in [2.05, 4.69) is 0 Å². The van der Waals surface area contributed by atoms with Crippen LogP contribution in [0.3, 0.4) is 0 Å². The number of carbonyl (C=O) groups is 1. The second kappa shape index (κ2) is 8.00. The van der Waals surface area contributed by atoms with Gasteiger partial charge in [0.1, 0.15) is 16.5 Å². The largest absolute Gasteiger partial charge is 0.340 e. The lowest BCUT2D eigenvalue weighted by Gasteiger charge is -2.35. The summed E-state index contributed by atoms with van der Waals surface area (Å²) in [5.41, 5.74) is 0. The van der Waals surface area contributed by atoms with Crippen LogP contribution < -0.4 is 0 Å². The topological polar surface area (TPSA) is 57.7 Å². The minimum atomic E-state index is -4.11. The molecule has 0 N–H and O–H groups in total. The fraction of sp³-hybridized carbons (Fsp3) is 0.611. The second-order valence-corrected chi connectivity index (χ2v) is 8.97. The van der Waals surface area contributed by atoms with Crippen molar-refractivity contribution in [2.75, 3.05) is 26.2 Å². The zero-order valence-corrected chi connectivity index (χ0v) is 15.5. The third-order valence-electron chi connectivity index (χ3n) is 5.29. The number of nitrogens with zero attached hydrogens (tertiary/aromatic N) is 2. The Kier molecular flexibility index (Phi) is 5.92. The molecule has 144 valence electrons. The molecule has 0 unspecified atom stereocenters. The van der Waals surface area contributed by atoms with Gasteiger partial charge in [0.15, 0.2) is 0 Å². The van der Waals surface area contributed by atoms with Crippen LogP contribution >= 0.6 is 0 Å². The molecule has 1 amide bonds. The van der Waals surface area contributed by atoms with Crippen LogP contribution in [0.1, 0.15) is 38.5 Å². The van der Waals surface area contributed by atoms with E-state index in [1.807, 2.05) is 0 Å². The number of sulfonamides is 1. The zero-order chi connectivity index (χ0) is 18.7. The Morgan fingerprint density at radius 1 is 1.04 bits per heavy atom. The van der Waals surface area contributed by atoms with Gasteiger partial charge < -0.3 is 4.90 Å². The molecule has 0 bridgehead atoms. The number of piperazine rings is 1. The Bertz CT molecular complexity index is 756. The fourth-order valence-electron chi connectivity index (χ4n) is 3.76. The highest BCUT2D eigenvalue weighted by Gasteiger charge is 2.32. The lowest BCUT2D eigenvalue weighted by molar-refractivity contribution is -0.133. The smallest absolute Gasteiger partial charge is 0.246 e. The summed E-state index contributed by atoms with van der Waals surface area (Å²) in [5, 5.41) is 0. The van der Waals surface area contributed by atoms with Gasteiger partial charge in [-0.05, 0) is 37.0 Å². The Morgan fingerprint density at radius 3 is 2.35 bits per heavy atom. The molecular weight excluding hydrogens is 362 g/mol. The number of hydrogen-bond acceptors (Lipinski definition) is 3. The first kappa shape index (κ1) is 19.2. The SMILES string of the molecule is O=C(CC1CCCCC1)N1CCN(S(=O)(=O)c2cc(F)ccc2F)CC1. The van der Waals surface area contributed by atoms with E-state index in [1.165, 1.54) is 19.3 Å². The van der Waals surface area contributed by atoms with E-state index in [0.717, 1.165) is 29.3 Å². The third-order valence-corrected chi connectivity index (χ3v) is 7.20. The Balaban J connectivity index is 1.60. The molecule has 1 saturated carbocycles. The average molecular weight is 386 g/mol. The lowest BCUT2D eigenvalue weighted by Crippen LogP contribution is -2.50. The van der Waals surface area contributed by atoms with Crippen molar-refractivity contribution >= 4 is 15.9 Å². The molecule has 1 aromatic carbocycles. The molecule has 2 fully saturated rings. The first-order chi connectivity index (χ1) is 12.4. The summed E-state index contributed by atoms with van der Waals surface area (Å²) >= 11 is 0. The molecular formula is C18H24F2N2O3S. The average Bonchev–Trinajstić information content (AvgIpc) is 2.64. The second-order valence-electron chi connectivity index (χ2n) is 7.07. The van der Waals surface area contributed by atoms with Crippen molar-refractivity contribution in [1.82, 2.24) is 9.21 Å². The van der Waals surface area contributed by atoms with E-state index < -0.39 is 26.6 Å².